The van der Waals surface area contributed by atoms with Crippen LogP contribution in [0.3, 0.4) is 0 Å². The topological polar surface area (TPSA) is 29.5 Å². The van der Waals surface area contributed by atoms with E-state index in [-0.39, 0.29) is 12.2 Å². The highest BCUT2D eigenvalue weighted by molar-refractivity contribution is 4.71. The number of ether oxygens (including phenoxy) is 1. The van der Waals surface area contributed by atoms with Gasteiger partial charge in [-0.05, 0) is 19.3 Å². The Labute approximate surface area is 55.8 Å². The van der Waals surface area contributed by atoms with E-state index in [4.69, 9.17) is 4.74 Å². The Bertz CT molecular complexity index is 83.0. The molecule has 0 spiro atoms. The highest BCUT2D eigenvalue weighted by Crippen LogP contribution is 2.15. The summed E-state index contributed by atoms with van der Waals surface area (Å²) in [6, 6.07) is 0. The molecule has 2 nitrogen and oxygen atoms in total. The minimum Gasteiger partial charge on any atom is -0.390 e. The van der Waals surface area contributed by atoms with Gasteiger partial charge in [0.25, 0.3) is 0 Å². The van der Waals surface area contributed by atoms with Gasteiger partial charge in [-0.2, -0.15) is 0 Å². The van der Waals surface area contributed by atoms with E-state index in [1.807, 2.05) is 6.92 Å². The van der Waals surface area contributed by atoms with Gasteiger partial charge in [-0.15, -0.1) is 0 Å². The largest absolute Gasteiger partial charge is 0.390 e. The summed E-state index contributed by atoms with van der Waals surface area (Å²) in [6.07, 6.45) is 2.76. The predicted octanol–water partition coefficient (Wildman–Crippen LogP) is 0.936. The molecule has 1 rings (SSSR count). The average Bonchev–Trinajstić information content (AvgIpc) is 1.89. The number of hydrogen-bond acceptors (Lipinski definition) is 2. The first kappa shape index (κ1) is 7.03. The van der Waals surface area contributed by atoms with E-state index in [2.05, 4.69) is 0 Å². The summed E-state index contributed by atoms with van der Waals surface area (Å²) >= 11 is 0. The second kappa shape index (κ2) is 3.18. The van der Waals surface area contributed by atoms with Crippen molar-refractivity contribution in [2.24, 2.45) is 0 Å². The predicted molar refractivity (Wildman–Crippen MR) is 35.3 cm³/mol. The van der Waals surface area contributed by atoms with Crippen LogP contribution in [-0.2, 0) is 4.74 Å². The zero-order valence-corrected chi connectivity index (χ0v) is 5.84. The first-order valence-electron chi connectivity index (χ1n) is 3.64. The Kier molecular flexibility index (Phi) is 2.49. The van der Waals surface area contributed by atoms with Crippen LogP contribution in [0.5, 0.6) is 0 Å². The van der Waals surface area contributed by atoms with Crippen LogP contribution >= 0.6 is 0 Å². The molecule has 0 aromatic carbocycles. The average molecular weight is 130 g/mol. The van der Waals surface area contributed by atoms with Crippen LogP contribution in [0, 0.1) is 0 Å². The van der Waals surface area contributed by atoms with Gasteiger partial charge < -0.3 is 9.84 Å². The quantitative estimate of drug-likeness (QED) is 0.572. The molecule has 1 N–H and O–H groups in total. The normalized spacial score (nSPS) is 36.7. The second-order valence-electron chi connectivity index (χ2n) is 2.53. The lowest BCUT2D eigenvalue weighted by Crippen LogP contribution is -2.33. The zero-order valence-electron chi connectivity index (χ0n) is 5.84. The third-order valence-electron chi connectivity index (χ3n) is 1.81. The highest BCUT2D eigenvalue weighted by Gasteiger charge is 2.21. The fourth-order valence-corrected chi connectivity index (χ4v) is 1.21. The number of hydrogen-bond donors (Lipinski definition) is 1. The Morgan fingerprint density at radius 2 is 2.44 bits per heavy atom. The molecule has 1 aliphatic heterocycles. The van der Waals surface area contributed by atoms with Gasteiger partial charge >= 0.3 is 0 Å². The molecule has 0 aromatic heterocycles. The maximum Gasteiger partial charge on any atom is 0.0831 e. The molecule has 0 aromatic rings. The summed E-state index contributed by atoms with van der Waals surface area (Å²) in [7, 11) is 0. The van der Waals surface area contributed by atoms with Crippen molar-refractivity contribution in [3.05, 3.63) is 0 Å². The minimum absolute atomic E-state index is 0.110. The molecule has 0 unspecified atom stereocenters. The molecule has 1 heterocycles. The van der Waals surface area contributed by atoms with Gasteiger partial charge in [-0.1, -0.05) is 6.92 Å². The number of aliphatic hydroxyl groups is 1. The maximum absolute atomic E-state index is 9.24. The highest BCUT2D eigenvalue weighted by atomic mass is 16.5. The third-order valence-corrected chi connectivity index (χ3v) is 1.81. The molecular formula is C7H14O2. The van der Waals surface area contributed by atoms with Gasteiger partial charge in [0.2, 0.25) is 0 Å². The van der Waals surface area contributed by atoms with Crippen molar-refractivity contribution in [3.8, 4) is 0 Å². The van der Waals surface area contributed by atoms with Crippen molar-refractivity contribution in [1.29, 1.82) is 0 Å². The second-order valence-corrected chi connectivity index (χ2v) is 2.53. The molecule has 0 amide bonds. The van der Waals surface area contributed by atoms with Crippen LogP contribution in [0.25, 0.3) is 0 Å². The molecular weight excluding hydrogens is 116 g/mol. The molecule has 54 valence electrons. The Morgan fingerprint density at radius 3 is 2.89 bits per heavy atom. The van der Waals surface area contributed by atoms with E-state index < -0.39 is 0 Å². The van der Waals surface area contributed by atoms with Crippen LogP contribution in [0.2, 0.25) is 0 Å². The van der Waals surface area contributed by atoms with Gasteiger partial charge in [-0.25, -0.2) is 0 Å². The van der Waals surface area contributed by atoms with Crippen molar-refractivity contribution < 1.29 is 9.84 Å². The van der Waals surface area contributed by atoms with E-state index in [0.717, 1.165) is 25.9 Å². The lowest BCUT2D eigenvalue weighted by Gasteiger charge is -2.26. The van der Waals surface area contributed by atoms with Crippen LogP contribution in [0.1, 0.15) is 26.2 Å². The minimum atomic E-state index is -0.205. The lowest BCUT2D eigenvalue weighted by atomic mass is 10.0. The maximum atomic E-state index is 9.24. The van der Waals surface area contributed by atoms with Gasteiger partial charge in [0.15, 0.2) is 0 Å². The molecule has 0 aliphatic carbocycles. The smallest absolute Gasteiger partial charge is 0.0831 e. The molecule has 0 bridgehead atoms. The van der Waals surface area contributed by atoms with Crippen LogP contribution < -0.4 is 0 Å². The molecule has 1 aliphatic rings. The molecule has 2 heteroatoms. The monoisotopic (exact) mass is 130 g/mol. The van der Waals surface area contributed by atoms with Gasteiger partial charge in [0.1, 0.15) is 0 Å². The lowest BCUT2D eigenvalue weighted by molar-refractivity contribution is -0.0745. The first-order valence-corrected chi connectivity index (χ1v) is 3.64. The zero-order chi connectivity index (χ0) is 6.69. The first-order chi connectivity index (χ1) is 4.34. The standard InChI is InChI=1S/C7H14O2/c1-2-7-6(8)4-3-5-9-7/h6-8H,2-5H2,1H3/t6-,7-/m0/s1. The van der Waals surface area contributed by atoms with Crippen molar-refractivity contribution in [1.82, 2.24) is 0 Å². The summed E-state index contributed by atoms with van der Waals surface area (Å²) in [5.74, 6) is 0. The molecule has 0 saturated carbocycles. The SMILES string of the molecule is CC[C@@H]1OCCC[C@@H]1O. The third kappa shape index (κ3) is 1.66. The summed E-state index contributed by atoms with van der Waals surface area (Å²) in [5.41, 5.74) is 0. The molecule has 2 atom stereocenters. The van der Waals surface area contributed by atoms with Crippen molar-refractivity contribution in [2.45, 2.75) is 38.4 Å². The Morgan fingerprint density at radius 1 is 1.67 bits per heavy atom. The Balaban J connectivity index is 2.30. The summed E-state index contributed by atoms with van der Waals surface area (Å²) in [5, 5.41) is 9.24. The van der Waals surface area contributed by atoms with Crippen molar-refractivity contribution in [2.75, 3.05) is 6.61 Å². The van der Waals surface area contributed by atoms with E-state index in [9.17, 15) is 5.11 Å². The molecule has 1 fully saturated rings. The van der Waals surface area contributed by atoms with E-state index in [1.54, 1.807) is 0 Å². The molecule has 1 saturated heterocycles. The van der Waals surface area contributed by atoms with E-state index in [1.165, 1.54) is 0 Å². The van der Waals surface area contributed by atoms with Gasteiger partial charge in [0, 0.05) is 6.61 Å². The number of aliphatic hydroxyl groups excluding tert-OH is 1. The summed E-state index contributed by atoms with van der Waals surface area (Å²) in [6.45, 7) is 2.87. The fourth-order valence-electron chi connectivity index (χ4n) is 1.21. The fraction of sp³-hybridized carbons (Fsp3) is 1.00. The summed E-state index contributed by atoms with van der Waals surface area (Å²) in [4.78, 5) is 0. The molecule has 9 heavy (non-hydrogen) atoms. The number of rotatable bonds is 1. The van der Waals surface area contributed by atoms with Crippen LogP contribution in [0.4, 0.5) is 0 Å². The Hall–Kier alpha value is -0.0800. The van der Waals surface area contributed by atoms with Crippen molar-refractivity contribution >= 4 is 0 Å². The van der Waals surface area contributed by atoms with Crippen LogP contribution in [-0.4, -0.2) is 23.9 Å². The van der Waals surface area contributed by atoms with E-state index in [0.29, 0.717) is 0 Å². The van der Waals surface area contributed by atoms with Crippen molar-refractivity contribution in [3.63, 3.8) is 0 Å². The molecule has 0 radical (unpaired) electrons. The van der Waals surface area contributed by atoms with Gasteiger partial charge in [-0.3, -0.25) is 0 Å². The van der Waals surface area contributed by atoms with Gasteiger partial charge in [0.05, 0.1) is 12.2 Å². The van der Waals surface area contributed by atoms with Crippen LogP contribution in [0.15, 0.2) is 0 Å². The summed E-state index contributed by atoms with van der Waals surface area (Å²) < 4.78 is 5.29. The van der Waals surface area contributed by atoms with E-state index >= 15 is 0 Å².